The van der Waals surface area contributed by atoms with Crippen molar-refractivity contribution in [1.29, 1.82) is 0 Å². The number of allylic oxidation sites excluding steroid dienone is 4. The molecule has 8 bridgehead atoms. The standard InChI is InChI=1S/C68H78N8/c1-5-9-13-17-21-41-73-45-25-29-53(49-73)65-57-33-35-59(69-57)66(54-30-26-46-74(50-54)42-22-18-14-10-6-2)61-37-39-63(71-61)68(56-32-28-48-76(52-56)44-24-20-16-12-8-4)64-40-38-62(72-64)67(60-36-34-58(65)70-60)55-31-27-47-75(51-55)43-23-19-15-11-7-3/h5-8,25-40,45-52,69-70H,1-4,9-24,41-44H2/q+4. The molecule has 2 aliphatic rings. The smallest absolute Gasteiger partial charge is 0.176 e. The van der Waals surface area contributed by atoms with Gasteiger partial charge in [0.2, 0.25) is 0 Å². The number of rotatable bonds is 28. The first-order valence-corrected chi connectivity index (χ1v) is 28.1. The maximum Gasteiger partial charge on any atom is 0.176 e. The van der Waals surface area contributed by atoms with E-state index in [-0.39, 0.29) is 0 Å². The van der Waals surface area contributed by atoms with Crippen molar-refractivity contribution in [1.82, 2.24) is 19.9 Å². The maximum absolute atomic E-state index is 5.65. The number of hydrogen-bond donors (Lipinski definition) is 2. The lowest BCUT2D eigenvalue weighted by Gasteiger charge is -2.07. The van der Waals surface area contributed by atoms with Gasteiger partial charge in [0.15, 0.2) is 49.6 Å². The van der Waals surface area contributed by atoms with E-state index in [1.165, 1.54) is 0 Å². The Morgan fingerprint density at radius 2 is 0.605 bits per heavy atom. The van der Waals surface area contributed by atoms with Gasteiger partial charge >= 0.3 is 0 Å². The Balaban J connectivity index is 1.29. The number of nitrogens with one attached hydrogen (secondary N) is 2. The number of H-pyrrole nitrogens is 2. The molecule has 2 aliphatic heterocycles. The summed E-state index contributed by atoms with van der Waals surface area (Å²) in [5, 5.41) is 0. The van der Waals surface area contributed by atoms with Crippen LogP contribution in [0, 0.1) is 0 Å². The summed E-state index contributed by atoms with van der Waals surface area (Å²) in [5.41, 5.74) is 16.2. The Kier molecular flexibility index (Phi) is 18.9. The van der Waals surface area contributed by atoms with E-state index in [2.05, 4.69) is 201 Å². The average molecular weight is 1010 g/mol. The highest BCUT2D eigenvalue weighted by molar-refractivity contribution is 5.99. The minimum atomic E-state index is 0.883. The maximum atomic E-state index is 5.65. The minimum Gasteiger partial charge on any atom is -0.354 e. The van der Waals surface area contributed by atoms with Crippen molar-refractivity contribution >= 4 is 46.4 Å². The molecule has 0 fully saturated rings. The molecule has 9 heterocycles. The van der Waals surface area contributed by atoms with Gasteiger partial charge in [-0.05, 0) is 150 Å². The van der Waals surface area contributed by atoms with E-state index in [1.807, 2.05) is 24.3 Å². The third kappa shape index (κ3) is 13.5. The summed E-state index contributed by atoms with van der Waals surface area (Å²) in [6.45, 7) is 19.5. The normalized spacial score (nSPS) is 11.8. The Morgan fingerprint density at radius 1 is 0.329 bits per heavy atom. The summed E-state index contributed by atoms with van der Waals surface area (Å²) in [6, 6.07) is 26.6. The predicted molar refractivity (Wildman–Crippen MR) is 316 cm³/mol. The second kappa shape index (κ2) is 27.1. The molecule has 9 rings (SSSR count). The summed E-state index contributed by atoms with van der Waals surface area (Å²) in [5.74, 6) is 0. The number of fused-ring (bicyclic) bond motifs is 8. The van der Waals surface area contributed by atoms with Crippen LogP contribution in [0.5, 0.6) is 0 Å². The molecule has 0 saturated carbocycles. The highest BCUT2D eigenvalue weighted by atomic mass is 14.9. The van der Waals surface area contributed by atoms with Crippen LogP contribution >= 0.6 is 0 Å². The fourth-order valence-electron chi connectivity index (χ4n) is 10.7. The first-order valence-electron chi connectivity index (χ1n) is 28.1. The SMILES string of the molecule is C=CCCCCC[n+]1cccc(-c2c3nc(c(-c4ccc[n+](CCCCCC=C)c4)c4ccc([nH]4)c(-c4ccc[n+](CCCCCC=C)c4)c4ccc([nH]4)c(-c4ccc[n+](CCCCCC=C)c4)c4nc2C=C4)C=C3)c1. The summed E-state index contributed by atoms with van der Waals surface area (Å²) in [7, 11) is 0. The largest absolute Gasteiger partial charge is 0.354 e. The molecule has 0 spiro atoms. The zero-order chi connectivity index (χ0) is 52.3. The predicted octanol–water partition coefficient (Wildman–Crippen LogP) is 15.5. The number of unbranched alkanes of at least 4 members (excludes halogenated alkanes) is 12. The minimum absolute atomic E-state index is 0.883. The number of aryl methyl sites for hydroxylation is 4. The van der Waals surface area contributed by atoms with Crippen LogP contribution in [-0.4, -0.2) is 19.9 Å². The van der Waals surface area contributed by atoms with Crippen LogP contribution < -0.4 is 18.3 Å². The average Bonchev–Trinajstić information content (AvgIpc) is 4.32. The van der Waals surface area contributed by atoms with Crippen molar-refractivity contribution in [2.24, 2.45) is 0 Å². The number of nitrogens with zero attached hydrogens (tertiary/aromatic N) is 6. The summed E-state index contributed by atoms with van der Waals surface area (Å²) >= 11 is 0. The first kappa shape index (κ1) is 53.0. The van der Waals surface area contributed by atoms with Crippen LogP contribution in [0.15, 0.2) is 173 Å². The topological polar surface area (TPSA) is 72.9 Å². The van der Waals surface area contributed by atoms with Gasteiger partial charge in [-0.25, -0.2) is 28.2 Å². The van der Waals surface area contributed by atoms with Crippen molar-refractivity contribution in [3.63, 3.8) is 0 Å². The van der Waals surface area contributed by atoms with E-state index in [1.54, 1.807) is 0 Å². The number of aromatic nitrogens is 8. The van der Waals surface area contributed by atoms with E-state index in [4.69, 9.17) is 9.97 Å². The van der Waals surface area contributed by atoms with Crippen LogP contribution in [0.1, 0.15) is 126 Å². The van der Waals surface area contributed by atoms with E-state index >= 15 is 0 Å². The Morgan fingerprint density at radius 3 is 0.921 bits per heavy atom. The molecular formula is C68H78N8+4. The van der Waals surface area contributed by atoms with Gasteiger partial charge in [0.1, 0.15) is 26.2 Å². The van der Waals surface area contributed by atoms with Crippen molar-refractivity contribution in [2.75, 3.05) is 0 Å². The molecule has 0 unspecified atom stereocenters. The Bertz CT molecular complexity index is 3220. The van der Waals surface area contributed by atoms with E-state index < -0.39 is 0 Å². The van der Waals surface area contributed by atoms with Gasteiger partial charge in [-0.1, -0.05) is 24.3 Å². The van der Waals surface area contributed by atoms with E-state index in [9.17, 15) is 0 Å². The lowest BCUT2D eigenvalue weighted by atomic mass is 10.0. The van der Waals surface area contributed by atoms with Crippen molar-refractivity contribution < 1.29 is 18.3 Å². The van der Waals surface area contributed by atoms with Gasteiger partial charge in [-0.3, -0.25) is 0 Å². The molecule has 386 valence electrons. The van der Waals surface area contributed by atoms with Crippen LogP contribution in [0.2, 0.25) is 0 Å². The highest BCUT2D eigenvalue weighted by Crippen LogP contribution is 2.38. The van der Waals surface area contributed by atoms with Gasteiger partial charge in [-0.15, -0.1) is 26.3 Å². The second-order valence-electron chi connectivity index (χ2n) is 20.4. The van der Waals surface area contributed by atoms with Gasteiger partial charge in [0, 0.05) is 111 Å². The molecule has 8 nitrogen and oxygen atoms in total. The van der Waals surface area contributed by atoms with Crippen LogP contribution in [0.3, 0.4) is 0 Å². The van der Waals surface area contributed by atoms with Crippen LogP contribution in [0.4, 0.5) is 0 Å². The summed E-state index contributed by atoms with van der Waals surface area (Å²) in [6.07, 6.45) is 52.7. The quantitative estimate of drug-likeness (QED) is 0.0291. The fourth-order valence-corrected chi connectivity index (χ4v) is 10.7. The first-order chi connectivity index (χ1) is 37.5. The zero-order valence-electron chi connectivity index (χ0n) is 44.8. The third-order valence-electron chi connectivity index (χ3n) is 14.6. The molecule has 0 aliphatic carbocycles. The van der Waals surface area contributed by atoms with E-state index in [0.717, 1.165) is 218 Å². The van der Waals surface area contributed by atoms with Crippen LogP contribution in [0.25, 0.3) is 90.9 Å². The zero-order valence-corrected chi connectivity index (χ0v) is 44.8. The molecule has 7 aromatic heterocycles. The highest BCUT2D eigenvalue weighted by Gasteiger charge is 2.23. The van der Waals surface area contributed by atoms with Crippen molar-refractivity contribution in [3.8, 4) is 44.5 Å². The Labute approximate surface area is 451 Å². The summed E-state index contributed by atoms with van der Waals surface area (Å²) < 4.78 is 9.34. The summed E-state index contributed by atoms with van der Waals surface area (Å²) in [4.78, 5) is 19.3. The molecule has 8 heteroatoms. The molecular weight excluding hydrogens is 929 g/mol. The molecule has 0 atom stereocenters. The molecule has 0 amide bonds. The number of aromatic amines is 2. The van der Waals surface area contributed by atoms with Crippen molar-refractivity contribution in [3.05, 3.63) is 196 Å². The second-order valence-corrected chi connectivity index (χ2v) is 20.4. The van der Waals surface area contributed by atoms with E-state index in [0.29, 0.717) is 0 Å². The molecule has 0 radical (unpaired) electrons. The lowest BCUT2D eigenvalue weighted by molar-refractivity contribution is -0.697. The molecule has 0 saturated heterocycles. The number of hydrogen-bond acceptors (Lipinski definition) is 2. The van der Waals surface area contributed by atoms with Gasteiger partial charge < -0.3 is 9.97 Å². The fraction of sp³-hybridized carbons (Fsp3) is 0.294. The Hall–Kier alpha value is -7.84. The van der Waals surface area contributed by atoms with Crippen molar-refractivity contribution in [2.45, 2.75) is 129 Å². The van der Waals surface area contributed by atoms with Crippen LogP contribution in [-0.2, 0) is 26.2 Å². The van der Waals surface area contributed by atoms with Gasteiger partial charge in [0.05, 0.1) is 28.3 Å². The van der Waals surface area contributed by atoms with Gasteiger partial charge in [0.25, 0.3) is 0 Å². The molecule has 7 aromatic rings. The third-order valence-corrected chi connectivity index (χ3v) is 14.6. The molecule has 76 heavy (non-hydrogen) atoms. The lowest BCUT2D eigenvalue weighted by Crippen LogP contribution is -2.32. The molecule has 0 aromatic carbocycles. The molecule has 2 N–H and O–H groups in total. The van der Waals surface area contributed by atoms with Gasteiger partial charge in [-0.2, -0.15) is 0 Å². The monoisotopic (exact) mass is 1010 g/mol. The number of pyridine rings is 4.